The molecular weight excluding hydrogens is 638 g/mol. The van der Waals surface area contributed by atoms with E-state index in [1.807, 2.05) is 36.4 Å². The first-order valence-electron chi connectivity index (χ1n) is 16.8. The van der Waals surface area contributed by atoms with Gasteiger partial charge >= 0.3 is 7.12 Å². The van der Waals surface area contributed by atoms with Gasteiger partial charge in [-0.25, -0.2) is 0 Å². The van der Waals surface area contributed by atoms with Gasteiger partial charge in [-0.3, -0.25) is 9.34 Å². The van der Waals surface area contributed by atoms with Gasteiger partial charge < -0.3 is 18.1 Å². The van der Waals surface area contributed by atoms with Gasteiger partial charge in [0, 0.05) is 38.2 Å². The summed E-state index contributed by atoms with van der Waals surface area (Å²) < 4.78 is 30.5. The third kappa shape index (κ3) is 4.61. The molecule has 1 unspecified atom stereocenters. The van der Waals surface area contributed by atoms with Crippen LogP contribution in [0.3, 0.4) is 0 Å². The summed E-state index contributed by atoms with van der Waals surface area (Å²) in [6, 6.07) is 35.9. The van der Waals surface area contributed by atoms with Crippen LogP contribution in [0.5, 0.6) is 0 Å². The normalized spacial score (nSPS) is 18.5. The maximum Gasteiger partial charge on any atom is 0.494 e. The molecule has 0 amide bonds. The van der Waals surface area contributed by atoms with Gasteiger partial charge in [-0.15, -0.1) is 0 Å². The standard InChI is InChI=1S/C42H36BN2O4P/c1-7-13-30(8-2)50-44(28-19-22-39-33(25-28)31-14-9-11-16-37(31)46-39)35-21-18-27(43-48-41(3,4)42(5,6)49-43)24-36(35)45(50)29-20-23-40-34(26-29)32-15-10-12-17-38(32)47-40/h7-26H,1-2H2,3-6H3/b30-13+. The van der Waals surface area contributed by atoms with E-state index in [4.69, 9.17) is 18.1 Å². The van der Waals surface area contributed by atoms with Crippen molar-refractivity contribution >= 4 is 87.4 Å². The summed E-state index contributed by atoms with van der Waals surface area (Å²) in [6.45, 7) is 16.7. The second-order valence-corrected chi connectivity index (χ2v) is 15.7. The Kier molecular flexibility index (Phi) is 6.95. The molecule has 0 radical (unpaired) electrons. The van der Waals surface area contributed by atoms with E-state index < -0.39 is 26.5 Å². The predicted octanol–water partition coefficient (Wildman–Crippen LogP) is 11.6. The molecule has 8 heteroatoms. The molecule has 9 rings (SSSR count). The quantitative estimate of drug-likeness (QED) is 0.0994. The van der Waals surface area contributed by atoms with Crippen LogP contribution in [0.2, 0.25) is 0 Å². The van der Waals surface area contributed by atoms with E-state index in [1.165, 1.54) is 0 Å². The average Bonchev–Trinajstić information content (AvgIpc) is 3.83. The summed E-state index contributed by atoms with van der Waals surface area (Å²) in [5, 5.41) is 5.36. The van der Waals surface area contributed by atoms with Crippen LogP contribution in [0.1, 0.15) is 27.7 Å². The van der Waals surface area contributed by atoms with Gasteiger partial charge in [-0.05, 0) is 93.8 Å². The Morgan fingerprint density at radius 3 is 1.68 bits per heavy atom. The molecule has 1 saturated heterocycles. The number of furan rings is 2. The van der Waals surface area contributed by atoms with Crippen molar-refractivity contribution < 1.29 is 18.1 Å². The lowest BCUT2D eigenvalue weighted by atomic mass is 9.78. The van der Waals surface area contributed by atoms with Gasteiger partial charge in [0.1, 0.15) is 30.6 Å². The molecule has 2 aliphatic heterocycles. The number of hydrogen-bond donors (Lipinski definition) is 0. The molecule has 50 heavy (non-hydrogen) atoms. The van der Waals surface area contributed by atoms with Crippen molar-refractivity contribution in [1.82, 2.24) is 0 Å². The average molecular weight is 675 g/mol. The second kappa shape index (κ2) is 11.2. The summed E-state index contributed by atoms with van der Waals surface area (Å²) in [4.78, 5) is 0. The minimum atomic E-state index is -1.26. The zero-order chi connectivity index (χ0) is 34.4. The van der Waals surface area contributed by atoms with Gasteiger partial charge in [0.05, 0.1) is 22.6 Å². The van der Waals surface area contributed by atoms with Crippen LogP contribution in [-0.4, -0.2) is 18.3 Å². The van der Waals surface area contributed by atoms with Crippen molar-refractivity contribution in [3.8, 4) is 0 Å². The van der Waals surface area contributed by atoms with E-state index in [0.717, 1.165) is 77.4 Å². The largest absolute Gasteiger partial charge is 0.494 e. The van der Waals surface area contributed by atoms with E-state index >= 15 is 0 Å². The van der Waals surface area contributed by atoms with Crippen molar-refractivity contribution in [3.05, 3.63) is 140 Å². The van der Waals surface area contributed by atoms with Crippen molar-refractivity contribution in [1.29, 1.82) is 0 Å². The number of nitrogens with zero attached hydrogens (tertiary/aromatic N) is 2. The van der Waals surface area contributed by atoms with Crippen molar-refractivity contribution in [3.63, 3.8) is 0 Å². The SMILES string of the molecule is C=C/C=C(\C=C)P1N(c2ccc3oc4ccccc4c3c2)c2ccc(B3OC(C)(C)C(C)(C)O3)cc2N1c1ccc2oc3ccccc3c2c1. The number of para-hydroxylation sites is 2. The molecule has 7 aromatic rings. The summed E-state index contributed by atoms with van der Waals surface area (Å²) in [5.74, 6) is 0. The Labute approximate surface area is 292 Å². The van der Waals surface area contributed by atoms with E-state index in [9.17, 15) is 0 Å². The van der Waals surface area contributed by atoms with E-state index in [-0.39, 0.29) is 0 Å². The fourth-order valence-electron chi connectivity index (χ4n) is 7.07. The lowest BCUT2D eigenvalue weighted by Crippen LogP contribution is -2.41. The van der Waals surface area contributed by atoms with Gasteiger partial charge in [0.2, 0.25) is 0 Å². The predicted molar refractivity (Wildman–Crippen MR) is 209 cm³/mol. The molecule has 0 spiro atoms. The van der Waals surface area contributed by atoms with Gasteiger partial charge in [-0.2, -0.15) is 0 Å². The highest BCUT2D eigenvalue weighted by atomic mass is 31.1. The number of fused-ring (bicyclic) bond motifs is 7. The first kappa shape index (κ1) is 31.0. The van der Waals surface area contributed by atoms with Crippen LogP contribution in [0.25, 0.3) is 43.9 Å². The van der Waals surface area contributed by atoms with Crippen molar-refractivity contribution in [2.75, 3.05) is 9.34 Å². The van der Waals surface area contributed by atoms with Crippen LogP contribution < -0.4 is 14.8 Å². The molecule has 5 aromatic carbocycles. The molecular formula is C42H36BN2O4P. The maximum atomic E-state index is 6.56. The summed E-state index contributed by atoms with van der Waals surface area (Å²) >= 11 is 0. The van der Waals surface area contributed by atoms with Gasteiger partial charge in [0.15, 0.2) is 0 Å². The first-order chi connectivity index (χ1) is 24.2. The zero-order valence-electron chi connectivity index (χ0n) is 28.5. The molecule has 0 aliphatic carbocycles. The van der Waals surface area contributed by atoms with Crippen LogP contribution in [0.4, 0.5) is 22.7 Å². The van der Waals surface area contributed by atoms with E-state index in [2.05, 4.69) is 135 Å². The Balaban J connectivity index is 1.29. The molecule has 1 fully saturated rings. The molecule has 2 aliphatic rings. The molecule has 0 saturated carbocycles. The fraction of sp³-hybridized carbons (Fsp3) is 0.143. The molecule has 6 nitrogen and oxygen atoms in total. The Bertz CT molecular complexity index is 2530. The van der Waals surface area contributed by atoms with Crippen LogP contribution >= 0.6 is 8.22 Å². The number of allylic oxidation sites excluding steroid dienone is 4. The van der Waals surface area contributed by atoms with Crippen LogP contribution in [-0.2, 0) is 9.31 Å². The third-order valence-corrected chi connectivity index (χ3v) is 12.7. The summed E-state index contributed by atoms with van der Waals surface area (Å²) in [7, 11) is -1.77. The monoisotopic (exact) mass is 674 g/mol. The Morgan fingerprint density at radius 1 is 0.620 bits per heavy atom. The maximum absolute atomic E-state index is 6.56. The van der Waals surface area contributed by atoms with Crippen LogP contribution in [0.15, 0.2) is 149 Å². The minimum Gasteiger partial charge on any atom is -0.456 e. The molecule has 0 N–H and O–H groups in total. The highest BCUT2D eigenvalue weighted by Crippen LogP contribution is 2.69. The highest BCUT2D eigenvalue weighted by molar-refractivity contribution is 7.67. The molecule has 1 atom stereocenters. The molecule has 246 valence electrons. The second-order valence-electron chi connectivity index (χ2n) is 13.8. The topological polar surface area (TPSA) is 51.2 Å². The Morgan fingerprint density at radius 2 is 1.14 bits per heavy atom. The fourth-order valence-corrected chi connectivity index (χ4v) is 9.53. The van der Waals surface area contributed by atoms with E-state index in [1.54, 1.807) is 0 Å². The summed E-state index contributed by atoms with van der Waals surface area (Å²) in [5.41, 5.74) is 7.68. The van der Waals surface area contributed by atoms with Crippen LogP contribution in [0, 0.1) is 0 Å². The lowest BCUT2D eigenvalue weighted by Gasteiger charge is -2.33. The lowest BCUT2D eigenvalue weighted by molar-refractivity contribution is 0.00578. The third-order valence-electron chi connectivity index (χ3n) is 10.3. The number of benzene rings is 5. The van der Waals surface area contributed by atoms with Crippen molar-refractivity contribution in [2.24, 2.45) is 0 Å². The molecule has 4 heterocycles. The number of anilines is 4. The highest BCUT2D eigenvalue weighted by Gasteiger charge is 2.52. The molecule has 0 bridgehead atoms. The zero-order valence-corrected chi connectivity index (χ0v) is 29.4. The van der Waals surface area contributed by atoms with Crippen molar-refractivity contribution in [2.45, 2.75) is 38.9 Å². The Hall–Kier alpha value is -5.07. The number of rotatable bonds is 6. The smallest absolute Gasteiger partial charge is 0.456 e. The minimum absolute atomic E-state index is 0.464. The number of hydrogen-bond acceptors (Lipinski definition) is 6. The first-order valence-corrected chi connectivity index (χ1v) is 18.1. The summed E-state index contributed by atoms with van der Waals surface area (Å²) in [6.07, 6.45) is 5.86. The van der Waals surface area contributed by atoms with Gasteiger partial charge in [-0.1, -0.05) is 73.9 Å². The molecule has 2 aromatic heterocycles. The van der Waals surface area contributed by atoms with Gasteiger partial charge in [0.25, 0.3) is 0 Å². The van der Waals surface area contributed by atoms with E-state index in [0.29, 0.717) is 0 Å².